The number of rotatable bonds is 2. The number of carbonyl (C=O) groups excluding carboxylic acids is 1. The van der Waals surface area contributed by atoms with Gasteiger partial charge in [-0.3, -0.25) is 4.79 Å². The van der Waals surface area contributed by atoms with Gasteiger partial charge in [-0.1, -0.05) is 30.6 Å². The van der Waals surface area contributed by atoms with Crippen LogP contribution in [0.3, 0.4) is 0 Å². The Morgan fingerprint density at radius 3 is 2.85 bits per heavy atom. The number of nitrogen functional groups attached to an aromatic ring is 1. The van der Waals surface area contributed by atoms with Gasteiger partial charge in [-0.15, -0.1) is 0 Å². The summed E-state index contributed by atoms with van der Waals surface area (Å²) < 4.78 is 1.03. The first-order valence-corrected chi connectivity index (χ1v) is 7.90. The van der Waals surface area contributed by atoms with Crippen molar-refractivity contribution >= 4 is 32.6 Å². The molecule has 5 heteroatoms. The van der Waals surface area contributed by atoms with Gasteiger partial charge in [0, 0.05) is 18.7 Å². The molecule has 1 saturated carbocycles. The summed E-state index contributed by atoms with van der Waals surface area (Å²) in [4.78, 5) is 18.7. The lowest BCUT2D eigenvalue weighted by Crippen LogP contribution is -2.38. The molecule has 1 aromatic carbocycles. The van der Waals surface area contributed by atoms with E-state index >= 15 is 0 Å². The molecule has 1 aliphatic rings. The molecule has 1 heterocycles. The number of amides is 1. The summed E-state index contributed by atoms with van der Waals surface area (Å²) in [6, 6.07) is 6.05. The van der Waals surface area contributed by atoms with Crippen molar-refractivity contribution in [1.29, 1.82) is 0 Å². The van der Waals surface area contributed by atoms with Gasteiger partial charge in [0.15, 0.2) is 5.13 Å². The van der Waals surface area contributed by atoms with Gasteiger partial charge in [0.25, 0.3) is 5.91 Å². The number of hydrogen-bond donors (Lipinski definition) is 1. The Kier molecular flexibility index (Phi) is 3.61. The van der Waals surface area contributed by atoms with Crippen LogP contribution in [0.1, 0.15) is 42.5 Å². The van der Waals surface area contributed by atoms with Crippen LogP contribution in [0, 0.1) is 0 Å². The average molecular weight is 289 g/mol. The first-order valence-electron chi connectivity index (χ1n) is 7.08. The highest BCUT2D eigenvalue weighted by molar-refractivity contribution is 7.22. The van der Waals surface area contributed by atoms with Crippen molar-refractivity contribution in [2.75, 3.05) is 12.8 Å². The van der Waals surface area contributed by atoms with Crippen molar-refractivity contribution in [3.8, 4) is 0 Å². The minimum Gasteiger partial charge on any atom is -0.375 e. The molecule has 4 nitrogen and oxygen atoms in total. The molecule has 1 aliphatic carbocycles. The monoisotopic (exact) mass is 289 g/mol. The Labute approximate surface area is 122 Å². The number of hydrogen-bond acceptors (Lipinski definition) is 4. The second-order valence-corrected chi connectivity index (χ2v) is 6.50. The quantitative estimate of drug-likeness (QED) is 0.923. The molecule has 0 bridgehead atoms. The standard InChI is InChI=1S/C15H19N3OS/c1-18(11-5-3-2-4-6-11)14(19)10-7-8-13-12(9-10)17-15(16)20-13/h7-9,11H,2-6H2,1H3,(H2,16,17). The van der Waals surface area contributed by atoms with E-state index in [1.165, 1.54) is 30.6 Å². The third-order valence-electron chi connectivity index (χ3n) is 4.09. The van der Waals surface area contributed by atoms with Gasteiger partial charge in [-0.25, -0.2) is 4.98 Å². The number of thiazole rings is 1. The van der Waals surface area contributed by atoms with Gasteiger partial charge in [-0.05, 0) is 31.0 Å². The van der Waals surface area contributed by atoms with E-state index in [1.54, 1.807) is 0 Å². The summed E-state index contributed by atoms with van der Waals surface area (Å²) in [5.41, 5.74) is 7.23. The normalized spacial score (nSPS) is 16.4. The summed E-state index contributed by atoms with van der Waals surface area (Å²) >= 11 is 1.45. The van der Waals surface area contributed by atoms with Crippen LogP contribution in [0.5, 0.6) is 0 Å². The Balaban J connectivity index is 1.83. The lowest BCUT2D eigenvalue weighted by molar-refractivity contribution is 0.0696. The number of fused-ring (bicyclic) bond motifs is 1. The third-order valence-corrected chi connectivity index (χ3v) is 4.96. The second-order valence-electron chi connectivity index (χ2n) is 5.44. The maximum absolute atomic E-state index is 12.6. The van der Waals surface area contributed by atoms with E-state index in [0.29, 0.717) is 16.7 Å². The molecule has 0 spiro atoms. The smallest absolute Gasteiger partial charge is 0.253 e. The zero-order valence-corrected chi connectivity index (χ0v) is 12.4. The van der Waals surface area contributed by atoms with Crippen LogP contribution in [0.2, 0.25) is 0 Å². The van der Waals surface area contributed by atoms with Gasteiger partial charge in [-0.2, -0.15) is 0 Å². The largest absolute Gasteiger partial charge is 0.375 e. The predicted molar refractivity (Wildman–Crippen MR) is 83.0 cm³/mol. The molecule has 1 amide bonds. The van der Waals surface area contributed by atoms with Gasteiger partial charge in [0.1, 0.15) is 0 Å². The van der Waals surface area contributed by atoms with E-state index in [-0.39, 0.29) is 5.91 Å². The van der Waals surface area contributed by atoms with E-state index in [2.05, 4.69) is 4.98 Å². The second kappa shape index (κ2) is 5.40. The molecule has 0 saturated heterocycles. The lowest BCUT2D eigenvalue weighted by atomic mass is 9.94. The minimum absolute atomic E-state index is 0.0883. The summed E-state index contributed by atoms with van der Waals surface area (Å²) in [5.74, 6) is 0.0883. The number of carbonyl (C=O) groups is 1. The molecule has 1 aromatic heterocycles. The molecule has 106 valence electrons. The summed E-state index contributed by atoms with van der Waals surface area (Å²) in [5, 5.41) is 0.547. The van der Waals surface area contributed by atoms with Crippen LogP contribution in [0.25, 0.3) is 10.2 Å². The van der Waals surface area contributed by atoms with Crippen molar-refractivity contribution in [1.82, 2.24) is 9.88 Å². The zero-order chi connectivity index (χ0) is 14.1. The summed E-state index contributed by atoms with van der Waals surface area (Å²) in [6.45, 7) is 0. The van der Waals surface area contributed by atoms with Crippen LogP contribution in [-0.4, -0.2) is 28.9 Å². The Hall–Kier alpha value is -1.62. The first kappa shape index (κ1) is 13.4. The topological polar surface area (TPSA) is 59.2 Å². The Morgan fingerprint density at radius 1 is 1.35 bits per heavy atom. The van der Waals surface area contributed by atoms with Crippen molar-refractivity contribution in [2.45, 2.75) is 38.1 Å². The van der Waals surface area contributed by atoms with Crippen LogP contribution >= 0.6 is 11.3 Å². The minimum atomic E-state index is 0.0883. The molecule has 3 rings (SSSR count). The van der Waals surface area contributed by atoms with Gasteiger partial charge < -0.3 is 10.6 Å². The Bertz CT molecular complexity index is 631. The lowest BCUT2D eigenvalue weighted by Gasteiger charge is -2.31. The summed E-state index contributed by atoms with van der Waals surface area (Å²) in [6.07, 6.45) is 5.98. The van der Waals surface area contributed by atoms with Crippen LogP contribution in [-0.2, 0) is 0 Å². The van der Waals surface area contributed by atoms with E-state index < -0.39 is 0 Å². The van der Waals surface area contributed by atoms with Crippen LogP contribution in [0.15, 0.2) is 18.2 Å². The van der Waals surface area contributed by atoms with Crippen molar-refractivity contribution in [2.24, 2.45) is 0 Å². The molecule has 0 aliphatic heterocycles. The first-order chi connectivity index (χ1) is 9.65. The highest BCUT2D eigenvalue weighted by Crippen LogP contribution is 2.26. The maximum atomic E-state index is 12.6. The predicted octanol–water partition coefficient (Wildman–Crippen LogP) is 3.28. The van der Waals surface area contributed by atoms with Crippen molar-refractivity contribution in [3.63, 3.8) is 0 Å². The fourth-order valence-electron chi connectivity index (χ4n) is 2.92. The van der Waals surface area contributed by atoms with Crippen LogP contribution in [0.4, 0.5) is 5.13 Å². The SMILES string of the molecule is CN(C(=O)c1ccc2sc(N)nc2c1)C1CCCCC1. The molecule has 1 fully saturated rings. The number of nitrogens with zero attached hydrogens (tertiary/aromatic N) is 2. The molecular weight excluding hydrogens is 270 g/mol. The number of aromatic nitrogens is 1. The highest BCUT2D eigenvalue weighted by Gasteiger charge is 2.23. The third kappa shape index (κ3) is 2.50. The maximum Gasteiger partial charge on any atom is 0.253 e. The molecular formula is C15H19N3OS. The van der Waals surface area contributed by atoms with Crippen molar-refractivity contribution < 1.29 is 4.79 Å². The summed E-state index contributed by atoms with van der Waals surface area (Å²) in [7, 11) is 1.91. The van der Waals surface area contributed by atoms with E-state index in [1.807, 2.05) is 30.1 Å². The van der Waals surface area contributed by atoms with Gasteiger partial charge in [0.2, 0.25) is 0 Å². The molecule has 20 heavy (non-hydrogen) atoms. The van der Waals surface area contributed by atoms with E-state index in [0.717, 1.165) is 23.1 Å². The van der Waals surface area contributed by atoms with Crippen molar-refractivity contribution in [3.05, 3.63) is 23.8 Å². The molecule has 0 atom stereocenters. The molecule has 0 radical (unpaired) electrons. The molecule has 2 aromatic rings. The zero-order valence-electron chi connectivity index (χ0n) is 11.6. The molecule has 0 unspecified atom stereocenters. The van der Waals surface area contributed by atoms with E-state index in [4.69, 9.17) is 5.73 Å². The van der Waals surface area contributed by atoms with E-state index in [9.17, 15) is 4.79 Å². The fourth-order valence-corrected chi connectivity index (χ4v) is 3.63. The van der Waals surface area contributed by atoms with Crippen LogP contribution < -0.4 is 5.73 Å². The van der Waals surface area contributed by atoms with Gasteiger partial charge >= 0.3 is 0 Å². The fraction of sp³-hybridized carbons (Fsp3) is 0.467. The number of benzene rings is 1. The number of anilines is 1. The van der Waals surface area contributed by atoms with Gasteiger partial charge in [0.05, 0.1) is 10.2 Å². The highest BCUT2D eigenvalue weighted by atomic mass is 32.1. The number of nitrogens with two attached hydrogens (primary N) is 1. The average Bonchev–Trinajstić information content (AvgIpc) is 2.85. The Morgan fingerprint density at radius 2 is 2.10 bits per heavy atom. The molecule has 2 N–H and O–H groups in total.